The lowest BCUT2D eigenvalue weighted by atomic mass is 9.86. The Hall–Kier alpha value is -0.340. The Labute approximate surface area is 112 Å². The van der Waals surface area contributed by atoms with Crippen molar-refractivity contribution in [2.45, 2.75) is 58.0 Å². The summed E-state index contributed by atoms with van der Waals surface area (Å²) in [5, 5.41) is 0. The Kier molecular flexibility index (Phi) is 6.22. The summed E-state index contributed by atoms with van der Waals surface area (Å²) in [7, 11) is 0. The van der Waals surface area contributed by atoms with Gasteiger partial charge in [-0.2, -0.15) is 0 Å². The fourth-order valence-corrected chi connectivity index (χ4v) is 3.38. The Morgan fingerprint density at radius 1 is 0.944 bits per heavy atom. The smallest absolute Gasteiger partial charge is 0.0704 e. The third-order valence-electron chi connectivity index (χ3n) is 4.30. The highest BCUT2D eigenvalue weighted by Gasteiger charge is 2.33. The number of hydrogen-bond donors (Lipinski definition) is 0. The van der Waals surface area contributed by atoms with Crippen LogP contribution in [0.25, 0.3) is 0 Å². The second-order valence-electron chi connectivity index (χ2n) is 5.72. The van der Waals surface area contributed by atoms with E-state index in [0.29, 0.717) is 6.10 Å². The van der Waals surface area contributed by atoms with Gasteiger partial charge in [-0.3, -0.25) is 0 Å². The van der Waals surface area contributed by atoms with Crippen LogP contribution in [0.2, 0.25) is 0 Å². The van der Waals surface area contributed by atoms with E-state index in [0.717, 1.165) is 38.1 Å². The van der Waals surface area contributed by atoms with Gasteiger partial charge in [0.15, 0.2) is 0 Å². The van der Waals surface area contributed by atoms with Crippen LogP contribution in [0.1, 0.15) is 51.9 Å². The monoisotopic (exact) mass is 252 g/mol. The van der Waals surface area contributed by atoms with Crippen molar-refractivity contribution in [2.75, 3.05) is 19.8 Å². The van der Waals surface area contributed by atoms with Crippen molar-refractivity contribution in [3.05, 3.63) is 12.2 Å². The van der Waals surface area contributed by atoms with E-state index in [2.05, 4.69) is 19.1 Å². The van der Waals surface area contributed by atoms with Gasteiger partial charge in [-0.1, -0.05) is 19.1 Å². The van der Waals surface area contributed by atoms with Crippen molar-refractivity contribution in [1.29, 1.82) is 0 Å². The van der Waals surface area contributed by atoms with Crippen LogP contribution in [-0.2, 0) is 9.47 Å². The molecule has 2 heteroatoms. The molecule has 0 amide bonds. The summed E-state index contributed by atoms with van der Waals surface area (Å²) < 4.78 is 11.4. The fourth-order valence-electron chi connectivity index (χ4n) is 3.38. The van der Waals surface area contributed by atoms with Crippen molar-refractivity contribution in [1.82, 2.24) is 0 Å². The summed E-state index contributed by atoms with van der Waals surface area (Å²) in [5.41, 5.74) is 0. The summed E-state index contributed by atoms with van der Waals surface area (Å²) in [6.07, 6.45) is 14.2. The van der Waals surface area contributed by atoms with E-state index in [9.17, 15) is 0 Å². The maximum absolute atomic E-state index is 5.98. The lowest BCUT2D eigenvalue weighted by molar-refractivity contribution is 0.00539. The number of fused-ring (bicyclic) bond motifs is 1. The van der Waals surface area contributed by atoms with Crippen molar-refractivity contribution < 1.29 is 9.47 Å². The molecule has 2 rings (SSSR count). The van der Waals surface area contributed by atoms with E-state index >= 15 is 0 Å². The predicted octanol–water partition coefficient (Wildman–Crippen LogP) is 3.95. The summed E-state index contributed by atoms with van der Waals surface area (Å²) >= 11 is 0. The zero-order valence-corrected chi connectivity index (χ0v) is 11.8. The van der Waals surface area contributed by atoms with Crippen LogP contribution in [0.15, 0.2) is 12.2 Å². The highest BCUT2D eigenvalue weighted by molar-refractivity contribution is 4.92. The van der Waals surface area contributed by atoms with Crippen molar-refractivity contribution >= 4 is 0 Å². The molecule has 2 aliphatic rings. The summed E-state index contributed by atoms with van der Waals surface area (Å²) in [6, 6.07) is 0. The molecule has 0 radical (unpaired) electrons. The minimum Gasteiger partial charge on any atom is -0.379 e. The quantitative estimate of drug-likeness (QED) is 0.526. The minimum atomic E-state index is 0.503. The third kappa shape index (κ3) is 4.40. The predicted molar refractivity (Wildman–Crippen MR) is 74.7 cm³/mol. The van der Waals surface area contributed by atoms with E-state index < -0.39 is 0 Å². The van der Waals surface area contributed by atoms with E-state index in [1.165, 1.54) is 38.5 Å². The topological polar surface area (TPSA) is 18.5 Å². The standard InChI is InChI=1S/C16H28O2/c1-2-9-17-10-11-18-16-12-14-7-5-3-4-6-8-15(14)13-16/h3-4,14-16H,2,5-13H2,1H3/b4-3+/t14-,15?,16?/m1/s1. The normalized spacial score (nSPS) is 33.7. The molecule has 0 aliphatic heterocycles. The molecular weight excluding hydrogens is 224 g/mol. The van der Waals surface area contributed by atoms with Crippen molar-refractivity contribution in [3.8, 4) is 0 Å². The molecular formula is C16H28O2. The largest absolute Gasteiger partial charge is 0.379 e. The van der Waals surface area contributed by atoms with Gasteiger partial charge in [0, 0.05) is 6.61 Å². The first kappa shape index (κ1) is 14.1. The van der Waals surface area contributed by atoms with Gasteiger partial charge in [-0.25, -0.2) is 0 Å². The molecule has 0 spiro atoms. The molecule has 0 N–H and O–H groups in total. The van der Waals surface area contributed by atoms with Gasteiger partial charge in [0.25, 0.3) is 0 Å². The van der Waals surface area contributed by atoms with Gasteiger partial charge in [0.1, 0.15) is 0 Å². The molecule has 0 aromatic heterocycles. The minimum absolute atomic E-state index is 0.503. The molecule has 0 heterocycles. The van der Waals surface area contributed by atoms with Gasteiger partial charge in [-0.15, -0.1) is 0 Å². The molecule has 0 bridgehead atoms. The zero-order chi connectivity index (χ0) is 12.6. The van der Waals surface area contributed by atoms with E-state index in [-0.39, 0.29) is 0 Å². The summed E-state index contributed by atoms with van der Waals surface area (Å²) in [6.45, 7) is 4.55. The van der Waals surface area contributed by atoms with E-state index in [1.807, 2.05) is 0 Å². The molecule has 104 valence electrons. The maximum atomic E-state index is 5.98. The zero-order valence-electron chi connectivity index (χ0n) is 11.8. The van der Waals surface area contributed by atoms with Crippen LogP contribution in [0.3, 0.4) is 0 Å². The van der Waals surface area contributed by atoms with Crippen LogP contribution in [-0.4, -0.2) is 25.9 Å². The van der Waals surface area contributed by atoms with E-state index in [1.54, 1.807) is 0 Å². The second-order valence-corrected chi connectivity index (χ2v) is 5.72. The first-order chi connectivity index (χ1) is 8.90. The number of ether oxygens (including phenoxy) is 2. The molecule has 2 aliphatic carbocycles. The van der Waals surface area contributed by atoms with Gasteiger partial charge < -0.3 is 9.47 Å². The van der Waals surface area contributed by atoms with Crippen LogP contribution in [0, 0.1) is 11.8 Å². The Bertz CT molecular complexity index is 231. The number of rotatable bonds is 6. The SMILES string of the molecule is CCCOCCOC1CC2CC/C=C/CC[C@@H]2C1. The number of hydrogen-bond acceptors (Lipinski definition) is 2. The van der Waals surface area contributed by atoms with Gasteiger partial charge >= 0.3 is 0 Å². The molecule has 1 saturated carbocycles. The average molecular weight is 252 g/mol. The van der Waals surface area contributed by atoms with Gasteiger partial charge in [0.05, 0.1) is 19.3 Å². The summed E-state index contributed by atoms with van der Waals surface area (Å²) in [4.78, 5) is 0. The molecule has 2 unspecified atom stereocenters. The van der Waals surface area contributed by atoms with Crippen LogP contribution >= 0.6 is 0 Å². The Morgan fingerprint density at radius 2 is 1.61 bits per heavy atom. The molecule has 2 nitrogen and oxygen atoms in total. The Morgan fingerprint density at radius 3 is 2.22 bits per heavy atom. The first-order valence-corrected chi connectivity index (χ1v) is 7.74. The number of allylic oxidation sites excluding steroid dienone is 2. The molecule has 0 aromatic rings. The molecule has 3 atom stereocenters. The van der Waals surface area contributed by atoms with Gasteiger partial charge in [0.2, 0.25) is 0 Å². The highest BCUT2D eigenvalue weighted by atomic mass is 16.5. The van der Waals surface area contributed by atoms with Crippen molar-refractivity contribution in [3.63, 3.8) is 0 Å². The van der Waals surface area contributed by atoms with Crippen LogP contribution in [0.4, 0.5) is 0 Å². The lowest BCUT2D eigenvalue weighted by Crippen LogP contribution is -2.13. The Balaban J connectivity index is 1.64. The molecule has 18 heavy (non-hydrogen) atoms. The molecule has 1 fully saturated rings. The lowest BCUT2D eigenvalue weighted by Gasteiger charge is -2.19. The van der Waals surface area contributed by atoms with Crippen molar-refractivity contribution in [2.24, 2.45) is 11.8 Å². The highest BCUT2D eigenvalue weighted by Crippen LogP contribution is 2.40. The maximum Gasteiger partial charge on any atom is 0.0704 e. The van der Waals surface area contributed by atoms with Gasteiger partial charge in [-0.05, 0) is 56.8 Å². The molecule has 0 saturated heterocycles. The van der Waals surface area contributed by atoms with E-state index in [4.69, 9.17) is 9.47 Å². The third-order valence-corrected chi connectivity index (χ3v) is 4.30. The fraction of sp³-hybridized carbons (Fsp3) is 0.875. The molecule has 0 aromatic carbocycles. The first-order valence-electron chi connectivity index (χ1n) is 7.74. The van der Waals surface area contributed by atoms with Crippen LogP contribution in [0.5, 0.6) is 0 Å². The second kappa shape index (κ2) is 7.96. The average Bonchev–Trinajstić information content (AvgIpc) is 2.71. The van der Waals surface area contributed by atoms with Crippen LogP contribution < -0.4 is 0 Å². The summed E-state index contributed by atoms with van der Waals surface area (Å²) in [5.74, 6) is 1.83.